The number of nitrogens with zero attached hydrogens (tertiary/aromatic N) is 1. The van der Waals surface area contributed by atoms with Crippen LogP contribution in [0.2, 0.25) is 0 Å². The van der Waals surface area contributed by atoms with Gasteiger partial charge in [-0.2, -0.15) is 0 Å². The fraction of sp³-hybridized carbons (Fsp3) is 0.0323. The lowest BCUT2D eigenvalue weighted by molar-refractivity contribution is 0.415. The Labute approximate surface area is 199 Å². The Morgan fingerprint density at radius 3 is 1.97 bits per heavy atom. The summed E-state index contributed by atoms with van der Waals surface area (Å²) in [6.45, 7) is 0. The third kappa shape index (κ3) is 3.48. The number of para-hydroxylation sites is 2. The molecule has 34 heavy (non-hydrogen) atoms. The SMILES string of the molecule is COc1ccc(N(C=C2c3ccccc3Oc3ccccc32)c2cccc3ccccc23)cc1. The molecule has 1 aliphatic heterocycles. The highest BCUT2D eigenvalue weighted by atomic mass is 16.5. The molecule has 3 nitrogen and oxygen atoms in total. The van der Waals surface area contributed by atoms with Crippen molar-refractivity contribution < 1.29 is 9.47 Å². The van der Waals surface area contributed by atoms with Gasteiger partial charge in [0, 0.05) is 34.0 Å². The van der Waals surface area contributed by atoms with Gasteiger partial charge in [0.25, 0.3) is 0 Å². The Kier molecular flexibility index (Phi) is 5.00. The van der Waals surface area contributed by atoms with Gasteiger partial charge in [0.15, 0.2) is 0 Å². The molecule has 0 saturated heterocycles. The zero-order chi connectivity index (χ0) is 22.9. The molecule has 0 aliphatic carbocycles. The largest absolute Gasteiger partial charge is 0.497 e. The molecule has 0 saturated carbocycles. The summed E-state index contributed by atoms with van der Waals surface area (Å²) in [5.74, 6) is 2.55. The number of anilines is 2. The Bertz CT molecular complexity index is 1470. The fourth-order valence-electron chi connectivity index (χ4n) is 4.53. The monoisotopic (exact) mass is 441 g/mol. The molecule has 6 rings (SSSR count). The van der Waals surface area contributed by atoms with E-state index in [4.69, 9.17) is 9.47 Å². The molecule has 0 aromatic heterocycles. The number of ether oxygens (including phenoxy) is 2. The van der Waals surface area contributed by atoms with Crippen molar-refractivity contribution in [3.63, 3.8) is 0 Å². The number of rotatable bonds is 4. The van der Waals surface area contributed by atoms with Crippen LogP contribution in [-0.2, 0) is 0 Å². The molecule has 0 bridgehead atoms. The van der Waals surface area contributed by atoms with Crippen molar-refractivity contribution in [3.05, 3.63) is 133 Å². The number of hydrogen-bond acceptors (Lipinski definition) is 3. The minimum Gasteiger partial charge on any atom is -0.497 e. The number of benzene rings is 5. The van der Waals surface area contributed by atoms with Gasteiger partial charge in [0.05, 0.1) is 12.8 Å². The van der Waals surface area contributed by atoms with Crippen molar-refractivity contribution in [2.24, 2.45) is 0 Å². The molecular weight excluding hydrogens is 418 g/mol. The summed E-state index contributed by atoms with van der Waals surface area (Å²) in [6, 6.07) is 39.5. The molecule has 0 unspecified atom stereocenters. The maximum absolute atomic E-state index is 6.23. The molecule has 164 valence electrons. The maximum Gasteiger partial charge on any atom is 0.135 e. The van der Waals surface area contributed by atoms with E-state index in [2.05, 4.69) is 90.0 Å². The van der Waals surface area contributed by atoms with E-state index in [1.807, 2.05) is 36.4 Å². The normalized spacial score (nSPS) is 11.9. The minimum absolute atomic E-state index is 0.830. The third-order valence-electron chi connectivity index (χ3n) is 6.21. The van der Waals surface area contributed by atoms with Crippen molar-refractivity contribution >= 4 is 27.7 Å². The number of fused-ring (bicyclic) bond motifs is 3. The first kappa shape index (κ1) is 20.1. The standard InChI is InChI=1S/C31H23NO2/c1-33-24-19-17-23(18-20-24)32(29-14-8-10-22-9-2-3-11-25(22)29)21-28-26-12-4-6-15-30(26)34-31-16-7-5-13-27(28)31/h2-21H,1H3. The van der Waals surface area contributed by atoms with Crippen molar-refractivity contribution in [2.45, 2.75) is 0 Å². The quantitative estimate of drug-likeness (QED) is 0.275. The van der Waals surface area contributed by atoms with Gasteiger partial charge in [-0.05, 0) is 47.9 Å². The van der Waals surface area contributed by atoms with Crippen molar-refractivity contribution in [3.8, 4) is 17.2 Å². The van der Waals surface area contributed by atoms with Gasteiger partial charge >= 0.3 is 0 Å². The van der Waals surface area contributed by atoms with Gasteiger partial charge in [-0.3, -0.25) is 0 Å². The van der Waals surface area contributed by atoms with Crippen LogP contribution in [0.1, 0.15) is 11.1 Å². The second-order valence-corrected chi connectivity index (χ2v) is 8.20. The highest BCUT2D eigenvalue weighted by Gasteiger charge is 2.23. The summed E-state index contributed by atoms with van der Waals surface area (Å²) in [5, 5.41) is 2.39. The van der Waals surface area contributed by atoms with E-state index in [1.165, 1.54) is 10.8 Å². The van der Waals surface area contributed by atoms with E-state index >= 15 is 0 Å². The first-order valence-electron chi connectivity index (χ1n) is 11.3. The van der Waals surface area contributed by atoms with Gasteiger partial charge < -0.3 is 14.4 Å². The van der Waals surface area contributed by atoms with Gasteiger partial charge in [-0.1, -0.05) is 72.8 Å². The summed E-state index contributed by atoms with van der Waals surface area (Å²) in [6.07, 6.45) is 2.23. The Morgan fingerprint density at radius 2 is 1.26 bits per heavy atom. The average Bonchev–Trinajstić information content (AvgIpc) is 2.91. The molecule has 3 heteroatoms. The van der Waals surface area contributed by atoms with E-state index in [-0.39, 0.29) is 0 Å². The van der Waals surface area contributed by atoms with Gasteiger partial charge in [-0.15, -0.1) is 0 Å². The average molecular weight is 442 g/mol. The van der Waals surface area contributed by atoms with Crippen LogP contribution in [0.4, 0.5) is 11.4 Å². The van der Waals surface area contributed by atoms with Crippen LogP contribution in [0, 0.1) is 0 Å². The summed E-state index contributed by atoms with van der Waals surface area (Å²) in [5.41, 5.74) is 5.41. The second kappa shape index (κ2) is 8.45. The van der Waals surface area contributed by atoms with E-state index in [0.29, 0.717) is 0 Å². The molecule has 0 spiro atoms. The highest BCUT2D eigenvalue weighted by molar-refractivity contribution is 5.98. The lowest BCUT2D eigenvalue weighted by Crippen LogP contribution is -2.12. The van der Waals surface area contributed by atoms with Crippen molar-refractivity contribution in [1.82, 2.24) is 0 Å². The predicted octanol–water partition coefficient (Wildman–Crippen LogP) is 8.18. The molecule has 0 radical (unpaired) electrons. The Balaban J connectivity index is 1.62. The van der Waals surface area contributed by atoms with Crippen LogP contribution in [0.15, 0.2) is 121 Å². The summed E-state index contributed by atoms with van der Waals surface area (Å²) < 4.78 is 11.6. The molecule has 1 heterocycles. The second-order valence-electron chi connectivity index (χ2n) is 8.20. The molecule has 0 atom stereocenters. The van der Waals surface area contributed by atoms with E-state index in [0.717, 1.165) is 45.3 Å². The summed E-state index contributed by atoms with van der Waals surface area (Å²) in [7, 11) is 1.69. The van der Waals surface area contributed by atoms with Gasteiger partial charge in [0.2, 0.25) is 0 Å². The summed E-state index contributed by atoms with van der Waals surface area (Å²) in [4.78, 5) is 2.26. The van der Waals surface area contributed by atoms with Crippen LogP contribution in [0.25, 0.3) is 16.3 Å². The molecular formula is C31H23NO2. The third-order valence-corrected chi connectivity index (χ3v) is 6.21. The zero-order valence-corrected chi connectivity index (χ0v) is 18.8. The molecule has 0 N–H and O–H groups in total. The Morgan fingerprint density at radius 1 is 0.647 bits per heavy atom. The highest BCUT2D eigenvalue weighted by Crippen LogP contribution is 2.45. The first-order chi connectivity index (χ1) is 16.8. The van der Waals surface area contributed by atoms with E-state index in [9.17, 15) is 0 Å². The zero-order valence-electron chi connectivity index (χ0n) is 18.8. The predicted molar refractivity (Wildman–Crippen MR) is 139 cm³/mol. The molecule has 5 aromatic rings. The van der Waals surface area contributed by atoms with Crippen LogP contribution in [0.3, 0.4) is 0 Å². The number of methoxy groups -OCH3 is 1. The van der Waals surface area contributed by atoms with Crippen molar-refractivity contribution in [2.75, 3.05) is 12.0 Å². The topological polar surface area (TPSA) is 21.7 Å². The molecule has 5 aromatic carbocycles. The molecule has 0 amide bonds. The van der Waals surface area contributed by atoms with Crippen LogP contribution >= 0.6 is 0 Å². The molecule has 1 aliphatic rings. The minimum atomic E-state index is 0.830. The fourth-order valence-corrected chi connectivity index (χ4v) is 4.53. The maximum atomic E-state index is 6.23. The van der Waals surface area contributed by atoms with E-state index < -0.39 is 0 Å². The van der Waals surface area contributed by atoms with Crippen molar-refractivity contribution in [1.29, 1.82) is 0 Å². The smallest absolute Gasteiger partial charge is 0.135 e. The van der Waals surface area contributed by atoms with Crippen LogP contribution in [0.5, 0.6) is 17.2 Å². The molecule has 0 fully saturated rings. The lowest BCUT2D eigenvalue weighted by atomic mass is 9.94. The van der Waals surface area contributed by atoms with Gasteiger partial charge in [-0.25, -0.2) is 0 Å². The number of hydrogen-bond donors (Lipinski definition) is 0. The van der Waals surface area contributed by atoms with Gasteiger partial charge in [0.1, 0.15) is 17.2 Å². The first-order valence-corrected chi connectivity index (χ1v) is 11.3. The summed E-state index contributed by atoms with van der Waals surface area (Å²) >= 11 is 0. The van der Waals surface area contributed by atoms with Crippen LogP contribution in [-0.4, -0.2) is 7.11 Å². The van der Waals surface area contributed by atoms with E-state index in [1.54, 1.807) is 7.11 Å². The Hall–Kier alpha value is -4.50. The van der Waals surface area contributed by atoms with Crippen LogP contribution < -0.4 is 14.4 Å². The lowest BCUT2D eigenvalue weighted by Gasteiger charge is -2.28.